The van der Waals surface area contributed by atoms with Gasteiger partial charge in [-0.25, -0.2) is 8.78 Å². The molecule has 0 aliphatic carbocycles. The summed E-state index contributed by atoms with van der Waals surface area (Å²) in [6.07, 6.45) is 1.46. The van der Waals surface area contributed by atoms with Gasteiger partial charge in [0.1, 0.15) is 18.2 Å². The number of anilines is 2. The molecule has 3 aromatic carbocycles. The van der Waals surface area contributed by atoms with Crippen molar-refractivity contribution in [3.05, 3.63) is 88.3 Å². The molecular weight excluding hydrogens is 556 g/mol. The number of thioether (sulfide) groups is 1. The van der Waals surface area contributed by atoms with Crippen molar-refractivity contribution in [2.45, 2.75) is 13.8 Å². The molecule has 1 aliphatic heterocycles. The molecular formula is C29H25F2N3O6S. The summed E-state index contributed by atoms with van der Waals surface area (Å²) in [5.74, 6) is -3.07. The topological polar surface area (TPSA) is 114 Å². The molecule has 0 atom stereocenters. The van der Waals surface area contributed by atoms with Crippen LogP contribution in [0.4, 0.5) is 25.0 Å². The van der Waals surface area contributed by atoms with Crippen molar-refractivity contribution in [3.63, 3.8) is 0 Å². The van der Waals surface area contributed by atoms with Crippen LogP contribution in [0.2, 0.25) is 0 Å². The number of aryl methyl sites for hydroxylation is 1. The van der Waals surface area contributed by atoms with Gasteiger partial charge < -0.3 is 20.1 Å². The first-order valence-electron chi connectivity index (χ1n) is 12.4. The lowest BCUT2D eigenvalue weighted by molar-refractivity contribution is -0.127. The van der Waals surface area contributed by atoms with Gasteiger partial charge >= 0.3 is 0 Å². The number of benzene rings is 3. The molecule has 0 radical (unpaired) electrons. The molecule has 2 N–H and O–H groups in total. The van der Waals surface area contributed by atoms with Crippen LogP contribution in [0.15, 0.2) is 65.6 Å². The number of imide groups is 1. The Labute approximate surface area is 238 Å². The molecule has 1 aliphatic rings. The van der Waals surface area contributed by atoms with Gasteiger partial charge in [-0.3, -0.25) is 24.1 Å². The maximum absolute atomic E-state index is 13.8. The Bertz CT molecular complexity index is 1530. The van der Waals surface area contributed by atoms with Crippen molar-refractivity contribution >= 4 is 52.2 Å². The molecule has 9 nitrogen and oxygen atoms in total. The van der Waals surface area contributed by atoms with E-state index in [2.05, 4.69) is 10.6 Å². The molecule has 4 rings (SSSR count). The van der Waals surface area contributed by atoms with Gasteiger partial charge in [0.05, 0.1) is 17.2 Å². The normalized spacial score (nSPS) is 13.9. The van der Waals surface area contributed by atoms with Gasteiger partial charge in [0, 0.05) is 11.8 Å². The number of rotatable bonds is 10. The fourth-order valence-corrected chi connectivity index (χ4v) is 4.53. The van der Waals surface area contributed by atoms with Gasteiger partial charge in [0.2, 0.25) is 5.91 Å². The standard InChI is InChI=1S/C29H25F2N3O6S/c1-3-39-24-12-18(6-11-23(24)40-16-27(36)32-20-8-4-17(2)5-9-20)13-25-28(37)34(29(38)41-25)15-26(35)33-22-10-7-19(30)14-21(22)31/h4-14H,3,15-16H2,1-2H3,(H,32,36)(H,33,35)/b25-13-. The summed E-state index contributed by atoms with van der Waals surface area (Å²) in [5.41, 5.74) is 1.93. The van der Waals surface area contributed by atoms with Crippen LogP contribution in [0.3, 0.4) is 0 Å². The summed E-state index contributed by atoms with van der Waals surface area (Å²) in [5, 5.41) is 4.28. The summed E-state index contributed by atoms with van der Waals surface area (Å²) < 4.78 is 38.2. The van der Waals surface area contributed by atoms with E-state index in [1.807, 2.05) is 19.1 Å². The third-order valence-corrected chi connectivity index (χ3v) is 6.55. The minimum absolute atomic E-state index is 0.0596. The van der Waals surface area contributed by atoms with Crippen molar-refractivity contribution in [3.8, 4) is 11.5 Å². The number of carbonyl (C=O) groups is 4. The maximum Gasteiger partial charge on any atom is 0.294 e. The number of ether oxygens (including phenoxy) is 2. The van der Waals surface area contributed by atoms with E-state index in [0.717, 1.165) is 22.6 Å². The van der Waals surface area contributed by atoms with E-state index in [1.54, 1.807) is 37.3 Å². The third-order valence-electron chi connectivity index (χ3n) is 5.64. The lowest BCUT2D eigenvalue weighted by Crippen LogP contribution is -2.36. The summed E-state index contributed by atoms with van der Waals surface area (Å²) >= 11 is 0.639. The van der Waals surface area contributed by atoms with Gasteiger partial charge in [-0.05, 0) is 73.6 Å². The van der Waals surface area contributed by atoms with Crippen molar-refractivity contribution in [2.75, 3.05) is 30.4 Å². The smallest absolute Gasteiger partial charge is 0.294 e. The van der Waals surface area contributed by atoms with E-state index >= 15 is 0 Å². The molecule has 212 valence electrons. The van der Waals surface area contributed by atoms with Crippen LogP contribution in [0.25, 0.3) is 6.08 Å². The summed E-state index contributed by atoms with van der Waals surface area (Å²) in [6, 6.07) is 14.7. The summed E-state index contributed by atoms with van der Waals surface area (Å²) in [6.45, 7) is 3.10. The second kappa shape index (κ2) is 13.1. The van der Waals surface area contributed by atoms with E-state index in [4.69, 9.17) is 9.47 Å². The van der Waals surface area contributed by atoms with Crippen molar-refractivity contribution < 1.29 is 37.4 Å². The monoisotopic (exact) mass is 581 g/mol. The maximum atomic E-state index is 13.8. The zero-order chi connectivity index (χ0) is 29.5. The fourth-order valence-electron chi connectivity index (χ4n) is 3.69. The lowest BCUT2D eigenvalue weighted by Gasteiger charge is -2.13. The number of nitrogens with one attached hydrogen (secondary N) is 2. The highest BCUT2D eigenvalue weighted by molar-refractivity contribution is 8.18. The van der Waals surface area contributed by atoms with E-state index in [0.29, 0.717) is 47.2 Å². The summed E-state index contributed by atoms with van der Waals surface area (Å²) in [7, 11) is 0. The first-order chi connectivity index (χ1) is 19.6. The Morgan fingerprint density at radius 2 is 1.68 bits per heavy atom. The Balaban J connectivity index is 1.40. The number of hydrogen-bond donors (Lipinski definition) is 2. The molecule has 0 spiro atoms. The minimum atomic E-state index is -0.989. The molecule has 0 aromatic heterocycles. The molecule has 3 aromatic rings. The average molecular weight is 582 g/mol. The lowest BCUT2D eigenvalue weighted by atomic mass is 10.2. The minimum Gasteiger partial charge on any atom is -0.490 e. The highest BCUT2D eigenvalue weighted by atomic mass is 32.2. The predicted octanol–water partition coefficient (Wildman–Crippen LogP) is 5.36. The first kappa shape index (κ1) is 29.3. The van der Waals surface area contributed by atoms with Crippen LogP contribution in [0.5, 0.6) is 11.5 Å². The van der Waals surface area contributed by atoms with Gasteiger partial charge in [-0.15, -0.1) is 0 Å². The van der Waals surface area contributed by atoms with Crippen molar-refractivity contribution in [1.82, 2.24) is 4.90 Å². The second-order valence-electron chi connectivity index (χ2n) is 8.78. The Hall–Kier alpha value is -4.71. The molecule has 0 unspecified atom stereocenters. The van der Waals surface area contributed by atoms with Gasteiger partial charge in [-0.2, -0.15) is 0 Å². The molecule has 0 bridgehead atoms. The van der Waals surface area contributed by atoms with Gasteiger partial charge in [-0.1, -0.05) is 23.8 Å². The van der Waals surface area contributed by atoms with E-state index < -0.39 is 35.2 Å². The predicted molar refractivity (Wildman–Crippen MR) is 151 cm³/mol. The van der Waals surface area contributed by atoms with Crippen LogP contribution in [-0.4, -0.2) is 47.6 Å². The highest BCUT2D eigenvalue weighted by Gasteiger charge is 2.36. The van der Waals surface area contributed by atoms with Crippen LogP contribution in [0.1, 0.15) is 18.1 Å². The Morgan fingerprint density at radius 3 is 2.39 bits per heavy atom. The van der Waals surface area contributed by atoms with E-state index in [1.165, 1.54) is 6.08 Å². The Morgan fingerprint density at radius 1 is 0.927 bits per heavy atom. The molecule has 12 heteroatoms. The fraction of sp³-hybridized carbons (Fsp3) is 0.172. The SMILES string of the molecule is CCOc1cc(/C=C2\SC(=O)N(CC(=O)Nc3ccc(F)cc3F)C2=O)ccc1OCC(=O)Nc1ccc(C)cc1. The quantitative estimate of drug-likeness (QED) is 0.310. The molecule has 0 saturated carbocycles. The van der Waals surface area contributed by atoms with Crippen LogP contribution in [0, 0.1) is 18.6 Å². The number of nitrogens with zero attached hydrogens (tertiary/aromatic N) is 1. The van der Waals surface area contributed by atoms with E-state index in [9.17, 15) is 28.0 Å². The molecule has 1 saturated heterocycles. The van der Waals surface area contributed by atoms with Gasteiger partial charge in [0.15, 0.2) is 18.1 Å². The number of carbonyl (C=O) groups excluding carboxylic acids is 4. The number of amides is 4. The number of halogens is 2. The van der Waals surface area contributed by atoms with Crippen LogP contribution in [-0.2, 0) is 14.4 Å². The van der Waals surface area contributed by atoms with Crippen molar-refractivity contribution in [2.24, 2.45) is 0 Å². The first-order valence-corrected chi connectivity index (χ1v) is 13.2. The summed E-state index contributed by atoms with van der Waals surface area (Å²) in [4.78, 5) is 50.7. The molecule has 41 heavy (non-hydrogen) atoms. The largest absolute Gasteiger partial charge is 0.490 e. The zero-order valence-corrected chi connectivity index (χ0v) is 22.8. The van der Waals surface area contributed by atoms with Crippen molar-refractivity contribution in [1.29, 1.82) is 0 Å². The van der Waals surface area contributed by atoms with Crippen LogP contribution >= 0.6 is 11.8 Å². The zero-order valence-electron chi connectivity index (χ0n) is 22.0. The third kappa shape index (κ3) is 7.70. The van der Waals surface area contributed by atoms with Crippen LogP contribution < -0.4 is 20.1 Å². The Kier molecular flexibility index (Phi) is 9.35. The average Bonchev–Trinajstić information content (AvgIpc) is 3.18. The molecule has 1 heterocycles. The van der Waals surface area contributed by atoms with E-state index in [-0.39, 0.29) is 23.1 Å². The number of hydrogen-bond acceptors (Lipinski definition) is 7. The highest BCUT2D eigenvalue weighted by Crippen LogP contribution is 2.34. The van der Waals surface area contributed by atoms with Gasteiger partial charge in [0.25, 0.3) is 17.1 Å². The molecule has 4 amide bonds. The molecule has 1 fully saturated rings. The second-order valence-corrected chi connectivity index (χ2v) is 9.78.